The van der Waals surface area contributed by atoms with Crippen LogP contribution in [0.5, 0.6) is 0 Å². The maximum absolute atomic E-state index is 12.8. The smallest absolute Gasteiger partial charge is 0.376 e. The lowest BCUT2D eigenvalue weighted by molar-refractivity contribution is -0.137. The van der Waals surface area contributed by atoms with E-state index in [-0.39, 0.29) is 0 Å². The highest BCUT2D eigenvalue weighted by Gasteiger charge is 2.30. The maximum atomic E-state index is 12.8. The molecule has 0 aromatic heterocycles. The van der Waals surface area contributed by atoms with E-state index >= 15 is 0 Å². The van der Waals surface area contributed by atoms with Gasteiger partial charge in [-0.2, -0.15) is 13.2 Å². The number of alkyl halides is 3. The van der Waals surface area contributed by atoms with Crippen molar-refractivity contribution in [3.63, 3.8) is 0 Å². The van der Waals surface area contributed by atoms with Gasteiger partial charge in [0.1, 0.15) is 0 Å². The topological polar surface area (TPSA) is 36.9 Å². The first-order valence-corrected chi connectivity index (χ1v) is 10.2. The number of hydrogen-bond donors (Lipinski definition) is 1. The van der Waals surface area contributed by atoms with Crippen molar-refractivity contribution in [1.29, 1.82) is 0 Å². The predicted octanol–water partition coefficient (Wildman–Crippen LogP) is 4.17. The number of likely N-dealkylation sites (tertiary alicyclic amines) is 1. The Labute approximate surface area is 181 Å². The molecule has 1 aliphatic heterocycles. The molecule has 1 saturated heterocycles. The van der Waals surface area contributed by atoms with Crippen molar-refractivity contribution in [3.8, 4) is 11.8 Å². The summed E-state index contributed by atoms with van der Waals surface area (Å²) >= 11 is 0. The zero-order valence-corrected chi connectivity index (χ0v) is 17.5. The molecule has 2 aromatic rings. The average molecular weight is 429 g/mol. The van der Waals surface area contributed by atoms with Crippen molar-refractivity contribution in [2.75, 3.05) is 33.3 Å². The van der Waals surface area contributed by atoms with Crippen molar-refractivity contribution in [3.05, 3.63) is 71.3 Å². The van der Waals surface area contributed by atoms with Crippen LogP contribution in [0.15, 0.2) is 59.6 Å². The first-order valence-electron chi connectivity index (χ1n) is 10.2. The summed E-state index contributed by atoms with van der Waals surface area (Å²) in [5.41, 5.74) is 0.804. The van der Waals surface area contributed by atoms with Gasteiger partial charge in [0.2, 0.25) is 0 Å². The molecule has 1 heterocycles. The zero-order chi connectivity index (χ0) is 22.1. The van der Waals surface area contributed by atoms with Gasteiger partial charge in [0.25, 0.3) is 0 Å². The van der Waals surface area contributed by atoms with E-state index in [0.29, 0.717) is 31.2 Å². The first-order chi connectivity index (χ1) is 15.0. The second-order valence-electron chi connectivity index (χ2n) is 7.38. The molecular formula is C24H26F3N3O. The van der Waals surface area contributed by atoms with Crippen LogP contribution < -0.4 is 5.32 Å². The molecule has 0 bridgehead atoms. The lowest BCUT2D eigenvalue weighted by Gasteiger charge is -2.20. The molecule has 1 unspecified atom stereocenters. The first kappa shape index (κ1) is 22.7. The average Bonchev–Trinajstić information content (AvgIpc) is 3.23. The van der Waals surface area contributed by atoms with Crippen LogP contribution in [-0.2, 0) is 17.5 Å². The van der Waals surface area contributed by atoms with Crippen LogP contribution in [0.4, 0.5) is 13.2 Å². The van der Waals surface area contributed by atoms with E-state index in [9.17, 15) is 13.2 Å². The fourth-order valence-corrected chi connectivity index (χ4v) is 3.45. The third kappa shape index (κ3) is 7.04. The molecular weight excluding hydrogens is 403 g/mol. The summed E-state index contributed by atoms with van der Waals surface area (Å²) in [7, 11) is 1.71. The van der Waals surface area contributed by atoms with Crippen LogP contribution in [-0.4, -0.2) is 44.1 Å². The summed E-state index contributed by atoms with van der Waals surface area (Å²) in [4.78, 5) is 6.45. The third-order valence-electron chi connectivity index (χ3n) is 5.02. The monoisotopic (exact) mass is 429 g/mol. The lowest BCUT2D eigenvalue weighted by atomic mass is 10.1. The van der Waals surface area contributed by atoms with Crippen LogP contribution in [0.1, 0.15) is 23.1 Å². The summed E-state index contributed by atoms with van der Waals surface area (Å²) in [6.45, 7) is 3.32. The third-order valence-corrected chi connectivity index (χ3v) is 5.02. The fourth-order valence-electron chi connectivity index (χ4n) is 3.45. The molecule has 1 atom stereocenters. The number of guanidine groups is 1. The summed E-state index contributed by atoms with van der Waals surface area (Å²) in [6, 6.07) is 15.1. The van der Waals surface area contributed by atoms with E-state index in [4.69, 9.17) is 4.74 Å². The minimum Gasteiger partial charge on any atom is -0.376 e. The van der Waals surface area contributed by atoms with Crippen molar-refractivity contribution in [2.45, 2.75) is 19.2 Å². The van der Waals surface area contributed by atoms with Gasteiger partial charge in [0.15, 0.2) is 5.96 Å². The number of nitrogens with one attached hydrogen (secondary N) is 1. The van der Waals surface area contributed by atoms with Crippen molar-refractivity contribution < 1.29 is 17.9 Å². The Hall–Kier alpha value is -2.98. The Morgan fingerprint density at radius 3 is 2.74 bits per heavy atom. The minimum atomic E-state index is -4.37. The van der Waals surface area contributed by atoms with Crippen LogP contribution >= 0.6 is 0 Å². The van der Waals surface area contributed by atoms with Crippen LogP contribution in [0.2, 0.25) is 0 Å². The highest BCUT2D eigenvalue weighted by atomic mass is 19.4. The van der Waals surface area contributed by atoms with Gasteiger partial charge >= 0.3 is 6.18 Å². The van der Waals surface area contributed by atoms with E-state index in [1.54, 1.807) is 13.1 Å². The Bertz CT molecular complexity index is 932. The van der Waals surface area contributed by atoms with Crippen LogP contribution in [0.3, 0.4) is 0 Å². The van der Waals surface area contributed by atoms with E-state index in [1.807, 2.05) is 30.3 Å². The Kier molecular flexibility index (Phi) is 7.96. The zero-order valence-electron chi connectivity index (χ0n) is 17.5. The summed E-state index contributed by atoms with van der Waals surface area (Å²) < 4.78 is 44.2. The lowest BCUT2D eigenvalue weighted by Crippen LogP contribution is -2.40. The number of nitrogens with zero attached hydrogens (tertiary/aromatic N) is 2. The summed E-state index contributed by atoms with van der Waals surface area (Å²) in [6.07, 6.45) is -3.35. The van der Waals surface area contributed by atoms with E-state index in [0.717, 1.165) is 43.2 Å². The normalized spacial score (nSPS) is 16.7. The Morgan fingerprint density at radius 2 is 2.00 bits per heavy atom. The molecule has 0 spiro atoms. The van der Waals surface area contributed by atoms with Gasteiger partial charge < -0.3 is 15.0 Å². The molecule has 2 aromatic carbocycles. The number of ether oxygens (including phenoxy) is 1. The van der Waals surface area contributed by atoms with E-state index in [1.165, 1.54) is 6.07 Å². The molecule has 1 N–H and O–H groups in total. The molecule has 0 amide bonds. The number of benzene rings is 2. The fraction of sp³-hybridized carbons (Fsp3) is 0.375. The molecule has 1 aliphatic rings. The number of hydrogen-bond acceptors (Lipinski definition) is 2. The van der Waals surface area contributed by atoms with Crippen LogP contribution in [0.25, 0.3) is 0 Å². The molecule has 0 aliphatic carbocycles. The standard InChI is InChI=1S/C24H26F3N3O/c1-28-23(29-13-6-10-19-9-5-11-22(15-19)24(25,26)27)30-14-12-21(16-30)18-31-17-20-7-3-2-4-8-20/h2-5,7-9,11,15,21H,12-14,16-18H2,1H3,(H,28,29). The summed E-state index contributed by atoms with van der Waals surface area (Å²) in [5.74, 6) is 6.81. The molecule has 0 saturated carbocycles. The van der Waals surface area contributed by atoms with E-state index in [2.05, 4.69) is 27.0 Å². The van der Waals surface area contributed by atoms with Gasteiger partial charge in [-0.15, -0.1) is 0 Å². The Balaban J connectivity index is 1.43. The highest BCUT2D eigenvalue weighted by molar-refractivity contribution is 5.80. The second kappa shape index (κ2) is 10.9. The molecule has 3 rings (SSSR count). The van der Waals surface area contributed by atoms with Gasteiger partial charge in [-0.1, -0.05) is 48.2 Å². The predicted molar refractivity (Wildman–Crippen MR) is 115 cm³/mol. The molecule has 31 heavy (non-hydrogen) atoms. The van der Waals surface area contributed by atoms with Gasteiger partial charge in [0, 0.05) is 31.6 Å². The highest BCUT2D eigenvalue weighted by Crippen LogP contribution is 2.29. The maximum Gasteiger partial charge on any atom is 0.416 e. The summed E-state index contributed by atoms with van der Waals surface area (Å²) in [5, 5.41) is 3.17. The molecule has 4 nitrogen and oxygen atoms in total. The Morgan fingerprint density at radius 1 is 1.19 bits per heavy atom. The molecule has 0 radical (unpaired) electrons. The number of halogens is 3. The van der Waals surface area contributed by atoms with Gasteiger partial charge in [-0.25, -0.2) is 0 Å². The molecule has 7 heteroatoms. The van der Waals surface area contributed by atoms with Gasteiger partial charge in [0.05, 0.1) is 25.3 Å². The largest absolute Gasteiger partial charge is 0.416 e. The molecule has 1 fully saturated rings. The van der Waals surface area contributed by atoms with Crippen molar-refractivity contribution in [1.82, 2.24) is 10.2 Å². The second-order valence-corrected chi connectivity index (χ2v) is 7.38. The number of rotatable bonds is 5. The molecule has 164 valence electrons. The quantitative estimate of drug-likeness (QED) is 0.440. The minimum absolute atomic E-state index is 0.300. The number of aliphatic imine (C=N–C) groups is 1. The SMILES string of the molecule is CN=C(NCC#Cc1cccc(C(F)(F)F)c1)N1CCC(COCc2ccccc2)C1. The van der Waals surface area contributed by atoms with Crippen LogP contribution in [0, 0.1) is 17.8 Å². The van der Waals surface area contributed by atoms with Gasteiger partial charge in [-0.05, 0) is 30.2 Å². The van der Waals surface area contributed by atoms with Crippen molar-refractivity contribution >= 4 is 5.96 Å². The van der Waals surface area contributed by atoms with Crippen molar-refractivity contribution in [2.24, 2.45) is 10.9 Å². The van der Waals surface area contributed by atoms with E-state index < -0.39 is 11.7 Å². The van der Waals surface area contributed by atoms with Gasteiger partial charge in [-0.3, -0.25) is 4.99 Å².